The van der Waals surface area contributed by atoms with Gasteiger partial charge in [-0.2, -0.15) is 0 Å². The number of imidazole rings is 1. The van der Waals surface area contributed by atoms with Gasteiger partial charge < -0.3 is 14.8 Å². The number of aromatic nitrogens is 2. The Morgan fingerprint density at radius 3 is 2.80 bits per heavy atom. The molecular formula is C18H21FN4O2. The lowest BCUT2D eigenvalue weighted by atomic mass is 9.99. The molecule has 6 nitrogen and oxygen atoms in total. The van der Waals surface area contributed by atoms with Gasteiger partial charge in [0.15, 0.2) is 0 Å². The molecule has 3 rings (SSSR count). The first kappa shape index (κ1) is 17.1. The van der Waals surface area contributed by atoms with Gasteiger partial charge in [-0.1, -0.05) is 0 Å². The van der Waals surface area contributed by atoms with Crippen LogP contribution in [-0.4, -0.2) is 39.9 Å². The number of halogens is 1. The first-order chi connectivity index (χ1) is 11.9. The van der Waals surface area contributed by atoms with E-state index in [-0.39, 0.29) is 29.6 Å². The van der Waals surface area contributed by atoms with Gasteiger partial charge in [-0.3, -0.25) is 9.59 Å². The molecule has 2 heterocycles. The average molecular weight is 344 g/mol. The van der Waals surface area contributed by atoms with Crippen LogP contribution in [0, 0.1) is 18.7 Å². The number of carbonyl (C=O) groups excluding carboxylic acids is 2. The second-order valence-corrected chi connectivity index (χ2v) is 6.48. The van der Waals surface area contributed by atoms with Gasteiger partial charge in [0.05, 0.1) is 6.04 Å². The minimum Gasteiger partial charge on any atom is -0.352 e. The maximum Gasteiger partial charge on any atom is 0.251 e. The highest BCUT2D eigenvalue weighted by Gasteiger charge is 2.40. The molecule has 0 radical (unpaired) electrons. The van der Waals surface area contributed by atoms with E-state index in [0.717, 1.165) is 5.82 Å². The molecule has 0 spiro atoms. The van der Waals surface area contributed by atoms with Crippen LogP contribution in [-0.2, 0) is 11.8 Å². The first-order valence-electron chi connectivity index (χ1n) is 8.15. The Bertz CT molecular complexity index is 817. The predicted molar refractivity (Wildman–Crippen MR) is 90.3 cm³/mol. The van der Waals surface area contributed by atoms with Crippen LogP contribution in [0.25, 0.3) is 0 Å². The van der Waals surface area contributed by atoms with E-state index < -0.39 is 0 Å². The smallest absolute Gasteiger partial charge is 0.251 e. The van der Waals surface area contributed by atoms with Crippen molar-refractivity contribution in [2.75, 3.05) is 13.6 Å². The molecule has 0 aliphatic carbocycles. The standard InChI is InChI=1S/C18H21FN4O2/c1-11-8-12(4-5-14(11)19)18(25)21-10-13-9-15(24)23(3)16(13)17-20-6-7-22(17)2/h4-8,13,16H,9-10H2,1-3H3,(H,21,25)/t13-,16+/m0/s1. The number of likely N-dealkylation sites (tertiary alicyclic amines) is 1. The van der Waals surface area contributed by atoms with Crippen molar-refractivity contribution in [2.45, 2.75) is 19.4 Å². The molecule has 132 valence electrons. The lowest BCUT2D eigenvalue weighted by Crippen LogP contribution is -2.33. The zero-order chi connectivity index (χ0) is 18.1. The van der Waals surface area contributed by atoms with Crippen molar-refractivity contribution in [1.29, 1.82) is 0 Å². The van der Waals surface area contributed by atoms with E-state index in [1.54, 1.807) is 25.1 Å². The van der Waals surface area contributed by atoms with Crippen LogP contribution < -0.4 is 5.32 Å². The molecular weight excluding hydrogens is 323 g/mol. The molecule has 2 amide bonds. The van der Waals surface area contributed by atoms with Crippen molar-refractivity contribution in [3.05, 3.63) is 53.4 Å². The quantitative estimate of drug-likeness (QED) is 0.920. The minimum atomic E-state index is -0.339. The summed E-state index contributed by atoms with van der Waals surface area (Å²) in [5, 5.41) is 2.86. The molecule has 2 atom stereocenters. The molecule has 0 unspecified atom stereocenters. The molecule has 2 aromatic rings. The maximum absolute atomic E-state index is 13.3. The van der Waals surface area contributed by atoms with Gasteiger partial charge in [0, 0.05) is 50.9 Å². The molecule has 1 aliphatic rings. The molecule has 0 bridgehead atoms. The summed E-state index contributed by atoms with van der Waals surface area (Å²) >= 11 is 0. The molecule has 1 aliphatic heterocycles. The summed E-state index contributed by atoms with van der Waals surface area (Å²) in [6, 6.07) is 4.09. The van der Waals surface area contributed by atoms with E-state index in [2.05, 4.69) is 10.3 Å². The molecule has 7 heteroatoms. The maximum atomic E-state index is 13.3. The Labute approximate surface area is 145 Å². The number of benzene rings is 1. The largest absolute Gasteiger partial charge is 0.352 e. The van der Waals surface area contributed by atoms with E-state index in [4.69, 9.17) is 0 Å². The third-order valence-corrected chi connectivity index (χ3v) is 4.76. The summed E-state index contributed by atoms with van der Waals surface area (Å²) in [6.07, 6.45) is 3.89. The van der Waals surface area contributed by atoms with E-state index in [1.807, 2.05) is 17.8 Å². The zero-order valence-electron chi connectivity index (χ0n) is 14.5. The van der Waals surface area contributed by atoms with Crippen molar-refractivity contribution in [3.8, 4) is 0 Å². The van der Waals surface area contributed by atoms with Gasteiger partial charge in [0.1, 0.15) is 11.6 Å². The Morgan fingerprint density at radius 1 is 1.40 bits per heavy atom. The third kappa shape index (κ3) is 3.26. The van der Waals surface area contributed by atoms with Crippen LogP contribution in [0.3, 0.4) is 0 Å². The predicted octanol–water partition coefficient (Wildman–Crippen LogP) is 1.82. The number of aryl methyl sites for hydroxylation is 2. The number of nitrogens with one attached hydrogen (secondary N) is 1. The topological polar surface area (TPSA) is 67.2 Å². The molecule has 1 fully saturated rings. The summed E-state index contributed by atoms with van der Waals surface area (Å²) in [5.74, 6) is 0.150. The molecule has 0 saturated carbocycles. The fourth-order valence-electron chi connectivity index (χ4n) is 3.29. The zero-order valence-corrected chi connectivity index (χ0v) is 14.5. The lowest BCUT2D eigenvalue weighted by molar-refractivity contribution is -0.127. The van der Waals surface area contributed by atoms with Crippen LogP contribution in [0.15, 0.2) is 30.6 Å². The van der Waals surface area contributed by atoms with E-state index in [9.17, 15) is 14.0 Å². The van der Waals surface area contributed by atoms with Gasteiger partial charge >= 0.3 is 0 Å². The number of rotatable bonds is 4. The van der Waals surface area contributed by atoms with Gasteiger partial charge in [-0.25, -0.2) is 9.37 Å². The van der Waals surface area contributed by atoms with Crippen molar-refractivity contribution in [3.63, 3.8) is 0 Å². The highest BCUT2D eigenvalue weighted by atomic mass is 19.1. The highest BCUT2D eigenvalue weighted by molar-refractivity contribution is 5.94. The van der Waals surface area contributed by atoms with Crippen molar-refractivity contribution in [1.82, 2.24) is 19.8 Å². The third-order valence-electron chi connectivity index (χ3n) is 4.76. The Balaban J connectivity index is 1.72. The molecule has 1 saturated heterocycles. The van der Waals surface area contributed by atoms with Gasteiger partial charge in [0.25, 0.3) is 5.91 Å². The second kappa shape index (κ2) is 6.66. The second-order valence-electron chi connectivity index (χ2n) is 6.48. The van der Waals surface area contributed by atoms with Crippen LogP contribution >= 0.6 is 0 Å². The Hall–Kier alpha value is -2.70. The van der Waals surface area contributed by atoms with E-state index >= 15 is 0 Å². The van der Waals surface area contributed by atoms with Crippen molar-refractivity contribution in [2.24, 2.45) is 13.0 Å². The number of carbonyl (C=O) groups is 2. The first-order valence-corrected chi connectivity index (χ1v) is 8.15. The number of nitrogens with zero attached hydrogens (tertiary/aromatic N) is 3. The van der Waals surface area contributed by atoms with E-state index in [1.165, 1.54) is 18.2 Å². The van der Waals surface area contributed by atoms with Crippen LogP contribution in [0.5, 0.6) is 0 Å². The Kier molecular flexibility index (Phi) is 4.57. The summed E-state index contributed by atoms with van der Waals surface area (Å²) in [5.41, 5.74) is 0.833. The average Bonchev–Trinajstić information content (AvgIpc) is 3.11. The number of amides is 2. The summed E-state index contributed by atoms with van der Waals surface area (Å²) in [7, 11) is 3.64. The van der Waals surface area contributed by atoms with Crippen LogP contribution in [0.1, 0.15) is 34.2 Å². The number of hydrogen-bond acceptors (Lipinski definition) is 3. The lowest BCUT2D eigenvalue weighted by Gasteiger charge is -2.24. The van der Waals surface area contributed by atoms with Gasteiger partial charge in [-0.05, 0) is 30.7 Å². The molecule has 1 aromatic heterocycles. The Morgan fingerprint density at radius 2 is 2.16 bits per heavy atom. The molecule has 1 N–H and O–H groups in total. The fraction of sp³-hybridized carbons (Fsp3) is 0.389. The van der Waals surface area contributed by atoms with Crippen molar-refractivity contribution < 1.29 is 14.0 Å². The normalized spacial score (nSPS) is 20.2. The highest BCUT2D eigenvalue weighted by Crippen LogP contribution is 2.35. The summed E-state index contributed by atoms with van der Waals surface area (Å²) < 4.78 is 15.2. The van der Waals surface area contributed by atoms with Crippen molar-refractivity contribution >= 4 is 11.8 Å². The SMILES string of the molecule is Cc1cc(C(=O)NC[C@@H]2CC(=O)N(C)[C@H]2c2nccn2C)ccc1F. The van der Waals surface area contributed by atoms with Gasteiger partial charge in [-0.15, -0.1) is 0 Å². The molecule has 25 heavy (non-hydrogen) atoms. The molecule has 1 aromatic carbocycles. The van der Waals surface area contributed by atoms with Crippen LogP contribution in [0.4, 0.5) is 4.39 Å². The van der Waals surface area contributed by atoms with E-state index in [0.29, 0.717) is 24.1 Å². The summed E-state index contributed by atoms with van der Waals surface area (Å²) in [4.78, 5) is 30.5. The minimum absolute atomic E-state index is 0.0323. The summed E-state index contributed by atoms with van der Waals surface area (Å²) in [6.45, 7) is 1.97. The van der Waals surface area contributed by atoms with Gasteiger partial charge in [0.2, 0.25) is 5.91 Å². The monoisotopic (exact) mass is 344 g/mol. The number of hydrogen-bond donors (Lipinski definition) is 1. The van der Waals surface area contributed by atoms with Crippen LogP contribution in [0.2, 0.25) is 0 Å². The fourth-order valence-corrected chi connectivity index (χ4v) is 3.29.